The number of hydrogen-bond acceptors (Lipinski definition) is 7. The number of fused-ring (bicyclic) bond motifs is 1. The molecule has 0 unspecified atom stereocenters. The Labute approximate surface area is 169 Å². The Bertz CT molecular complexity index is 1260. The van der Waals surface area contributed by atoms with Crippen LogP contribution in [0.4, 0.5) is 0 Å². The van der Waals surface area contributed by atoms with Gasteiger partial charge in [0.1, 0.15) is 5.58 Å². The molecule has 4 aromatic rings. The van der Waals surface area contributed by atoms with Crippen LogP contribution in [0.3, 0.4) is 0 Å². The largest absolute Gasteiger partial charge is 0.449 e. The second kappa shape index (κ2) is 7.52. The van der Waals surface area contributed by atoms with E-state index in [1.165, 1.54) is 12.1 Å². The van der Waals surface area contributed by atoms with E-state index >= 15 is 0 Å². The molecule has 0 radical (unpaired) electrons. The lowest BCUT2D eigenvalue weighted by molar-refractivity contribution is 0.0245. The normalized spacial score (nSPS) is 12.1. The molecule has 2 heterocycles. The summed E-state index contributed by atoms with van der Waals surface area (Å²) in [5.41, 5.74) is 1.70. The van der Waals surface area contributed by atoms with Crippen LogP contribution in [-0.4, -0.2) is 16.2 Å². The number of carbonyl (C=O) groups is 1. The van der Waals surface area contributed by atoms with Crippen LogP contribution >= 0.6 is 11.6 Å². The lowest BCUT2D eigenvalue weighted by Crippen LogP contribution is -2.12. The van der Waals surface area contributed by atoms with Gasteiger partial charge < -0.3 is 13.6 Å². The SMILES string of the molecule is Cc1ccc(-c2nnc([C@@H](C)OC(=O)c3cc(=O)c4cc(Cl)ccc4o3)o2)cc1. The van der Waals surface area contributed by atoms with Gasteiger partial charge in [0.15, 0.2) is 11.5 Å². The minimum Gasteiger partial charge on any atom is -0.449 e. The number of halogens is 1. The van der Waals surface area contributed by atoms with Crippen molar-refractivity contribution in [2.45, 2.75) is 20.0 Å². The third-order valence-corrected chi connectivity index (χ3v) is 4.50. The Morgan fingerprint density at radius 2 is 1.83 bits per heavy atom. The van der Waals surface area contributed by atoms with Gasteiger partial charge in [-0.25, -0.2) is 4.79 Å². The molecule has 1 atom stereocenters. The van der Waals surface area contributed by atoms with Gasteiger partial charge in [-0.3, -0.25) is 4.79 Å². The van der Waals surface area contributed by atoms with Crippen molar-refractivity contribution in [2.75, 3.05) is 0 Å². The van der Waals surface area contributed by atoms with E-state index in [-0.39, 0.29) is 22.6 Å². The predicted molar refractivity (Wildman–Crippen MR) is 106 cm³/mol. The van der Waals surface area contributed by atoms with Gasteiger partial charge in [0.2, 0.25) is 11.7 Å². The zero-order valence-corrected chi connectivity index (χ0v) is 16.3. The van der Waals surface area contributed by atoms with Crippen LogP contribution in [0.1, 0.15) is 35.0 Å². The topological polar surface area (TPSA) is 95.4 Å². The molecule has 0 bridgehead atoms. The van der Waals surface area contributed by atoms with Gasteiger partial charge in [0.05, 0.1) is 5.39 Å². The lowest BCUT2D eigenvalue weighted by Gasteiger charge is -2.09. The van der Waals surface area contributed by atoms with Crippen LogP contribution in [-0.2, 0) is 4.74 Å². The van der Waals surface area contributed by atoms with Crippen molar-refractivity contribution >= 4 is 28.5 Å². The molecule has 146 valence electrons. The van der Waals surface area contributed by atoms with Crippen molar-refractivity contribution in [3.05, 3.63) is 81.0 Å². The molecular weight excluding hydrogens is 396 g/mol. The second-order valence-electron chi connectivity index (χ2n) is 6.47. The highest BCUT2D eigenvalue weighted by Gasteiger charge is 2.22. The fourth-order valence-corrected chi connectivity index (χ4v) is 2.88. The minimum absolute atomic E-state index is 0.129. The summed E-state index contributed by atoms with van der Waals surface area (Å²) in [5, 5.41) is 8.60. The van der Waals surface area contributed by atoms with Gasteiger partial charge in [0.25, 0.3) is 5.89 Å². The van der Waals surface area contributed by atoms with Gasteiger partial charge in [-0.15, -0.1) is 10.2 Å². The van der Waals surface area contributed by atoms with Gasteiger partial charge in [-0.1, -0.05) is 29.3 Å². The molecule has 0 spiro atoms. The average molecular weight is 411 g/mol. The molecular formula is C21H15ClN2O5. The average Bonchev–Trinajstić information content (AvgIpc) is 3.19. The van der Waals surface area contributed by atoms with Crippen LogP contribution in [0.2, 0.25) is 5.02 Å². The summed E-state index contributed by atoms with van der Waals surface area (Å²) in [6, 6.07) is 13.2. The molecule has 0 saturated carbocycles. The Kier molecular flexibility index (Phi) is 4.90. The fourth-order valence-electron chi connectivity index (χ4n) is 2.71. The number of benzene rings is 2. The van der Waals surface area contributed by atoms with Crippen LogP contribution in [0.15, 0.2) is 62.2 Å². The maximum absolute atomic E-state index is 12.4. The van der Waals surface area contributed by atoms with E-state index in [9.17, 15) is 9.59 Å². The summed E-state index contributed by atoms with van der Waals surface area (Å²) >= 11 is 5.89. The van der Waals surface area contributed by atoms with Crippen molar-refractivity contribution in [1.29, 1.82) is 0 Å². The molecule has 0 saturated heterocycles. The lowest BCUT2D eigenvalue weighted by atomic mass is 10.1. The highest BCUT2D eigenvalue weighted by Crippen LogP contribution is 2.24. The number of carbonyl (C=O) groups excluding carboxylic acids is 1. The zero-order chi connectivity index (χ0) is 20.5. The Hall–Kier alpha value is -3.45. The first-order valence-electron chi connectivity index (χ1n) is 8.75. The van der Waals surface area contributed by atoms with Crippen molar-refractivity contribution in [1.82, 2.24) is 10.2 Å². The highest BCUT2D eigenvalue weighted by molar-refractivity contribution is 6.31. The summed E-state index contributed by atoms with van der Waals surface area (Å²) in [7, 11) is 0. The molecule has 0 amide bonds. The molecule has 2 aromatic heterocycles. The summed E-state index contributed by atoms with van der Waals surface area (Å²) in [6.07, 6.45) is -0.833. The molecule has 4 rings (SSSR count). The van der Waals surface area contributed by atoms with Crippen molar-refractivity contribution in [2.24, 2.45) is 0 Å². The Balaban J connectivity index is 1.54. The third kappa shape index (κ3) is 3.90. The van der Waals surface area contributed by atoms with E-state index in [1.54, 1.807) is 13.0 Å². The molecule has 2 aromatic carbocycles. The maximum Gasteiger partial charge on any atom is 0.375 e. The number of aromatic nitrogens is 2. The Morgan fingerprint density at radius 3 is 2.59 bits per heavy atom. The highest BCUT2D eigenvalue weighted by atomic mass is 35.5. The minimum atomic E-state index is -0.833. The quantitative estimate of drug-likeness (QED) is 0.449. The number of ether oxygens (including phenoxy) is 1. The fraction of sp³-hybridized carbons (Fsp3) is 0.143. The van der Waals surface area contributed by atoms with Gasteiger partial charge in [0, 0.05) is 16.7 Å². The second-order valence-corrected chi connectivity index (χ2v) is 6.91. The van der Waals surface area contributed by atoms with Gasteiger partial charge in [-0.2, -0.15) is 0 Å². The summed E-state index contributed by atoms with van der Waals surface area (Å²) in [5.74, 6) is -0.600. The molecule has 0 aliphatic carbocycles. The van der Waals surface area contributed by atoms with Gasteiger partial charge in [-0.05, 0) is 44.2 Å². The van der Waals surface area contributed by atoms with Crippen LogP contribution < -0.4 is 5.43 Å². The number of nitrogens with zero attached hydrogens (tertiary/aromatic N) is 2. The van der Waals surface area contributed by atoms with Gasteiger partial charge >= 0.3 is 5.97 Å². The molecule has 29 heavy (non-hydrogen) atoms. The summed E-state index contributed by atoms with van der Waals surface area (Å²) in [6.45, 7) is 3.56. The zero-order valence-electron chi connectivity index (χ0n) is 15.5. The van der Waals surface area contributed by atoms with Crippen LogP contribution in [0.5, 0.6) is 0 Å². The van der Waals surface area contributed by atoms with E-state index in [0.29, 0.717) is 10.9 Å². The van der Waals surface area contributed by atoms with Crippen molar-refractivity contribution in [3.8, 4) is 11.5 Å². The summed E-state index contributed by atoms with van der Waals surface area (Å²) < 4.78 is 16.4. The smallest absolute Gasteiger partial charge is 0.375 e. The first-order valence-corrected chi connectivity index (χ1v) is 9.13. The molecule has 0 N–H and O–H groups in total. The standard InChI is InChI=1S/C21H15ClN2O5/c1-11-3-5-13(6-4-11)20-24-23-19(29-20)12(2)27-21(26)18-10-16(25)15-9-14(22)7-8-17(15)28-18/h3-10,12H,1-2H3/t12-/m1/s1. The molecule has 0 fully saturated rings. The van der Waals surface area contributed by atoms with Crippen LogP contribution in [0, 0.1) is 6.92 Å². The molecule has 8 heteroatoms. The summed E-state index contributed by atoms with van der Waals surface area (Å²) in [4.78, 5) is 24.7. The third-order valence-electron chi connectivity index (χ3n) is 4.26. The molecule has 0 aliphatic heterocycles. The first kappa shape index (κ1) is 18.9. The van der Waals surface area contributed by atoms with E-state index in [0.717, 1.165) is 17.2 Å². The van der Waals surface area contributed by atoms with E-state index in [4.69, 9.17) is 25.2 Å². The van der Waals surface area contributed by atoms with Crippen molar-refractivity contribution < 1.29 is 18.4 Å². The molecule has 7 nitrogen and oxygen atoms in total. The van der Waals surface area contributed by atoms with E-state index < -0.39 is 17.5 Å². The molecule has 0 aliphatic rings. The monoisotopic (exact) mass is 410 g/mol. The van der Waals surface area contributed by atoms with E-state index in [2.05, 4.69) is 10.2 Å². The predicted octanol–water partition coefficient (Wildman–Crippen LogP) is 4.72. The van der Waals surface area contributed by atoms with Crippen molar-refractivity contribution in [3.63, 3.8) is 0 Å². The van der Waals surface area contributed by atoms with Crippen LogP contribution in [0.25, 0.3) is 22.4 Å². The number of hydrogen-bond donors (Lipinski definition) is 0. The maximum atomic E-state index is 12.4. The Morgan fingerprint density at radius 1 is 1.07 bits per heavy atom. The first-order chi connectivity index (χ1) is 13.9. The van der Waals surface area contributed by atoms with E-state index in [1.807, 2.05) is 31.2 Å². The number of rotatable bonds is 4. The number of esters is 1. The number of aryl methyl sites for hydroxylation is 1.